The summed E-state index contributed by atoms with van der Waals surface area (Å²) in [5.74, 6) is 0. The molecule has 1 nitrogen and oxygen atoms in total. The maximum atomic E-state index is 3.64. The summed E-state index contributed by atoms with van der Waals surface area (Å²) in [5.41, 5.74) is 0.442. The van der Waals surface area contributed by atoms with Crippen LogP contribution in [-0.4, -0.2) is 11.6 Å². The van der Waals surface area contributed by atoms with E-state index in [0.29, 0.717) is 5.54 Å². The zero-order valence-electron chi connectivity index (χ0n) is 7.41. The van der Waals surface area contributed by atoms with Gasteiger partial charge in [0.2, 0.25) is 0 Å². The van der Waals surface area contributed by atoms with E-state index in [1.165, 1.54) is 25.7 Å². The van der Waals surface area contributed by atoms with Crippen LogP contribution in [0.2, 0.25) is 0 Å². The second-order valence-corrected chi connectivity index (χ2v) is 3.85. The van der Waals surface area contributed by atoms with Crippen molar-refractivity contribution < 1.29 is 0 Å². The molecule has 1 fully saturated rings. The number of nitrogens with one attached hydrogen (secondary N) is 1. The lowest BCUT2D eigenvalue weighted by molar-refractivity contribution is 0.226. The largest absolute Gasteiger partial charge is 0.309 e. The van der Waals surface area contributed by atoms with Gasteiger partial charge in [0.25, 0.3) is 0 Å². The van der Waals surface area contributed by atoms with Crippen molar-refractivity contribution in [2.75, 3.05) is 0 Å². The molecule has 1 aliphatic rings. The second kappa shape index (κ2) is 2.91. The van der Waals surface area contributed by atoms with Crippen LogP contribution in [0.25, 0.3) is 0 Å². The van der Waals surface area contributed by atoms with E-state index in [0.717, 1.165) is 6.04 Å². The highest BCUT2D eigenvalue weighted by molar-refractivity contribution is 4.88. The highest BCUT2D eigenvalue weighted by Crippen LogP contribution is 2.24. The molecule has 1 N–H and O–H groups in total. The first kappa shape index (κ1) is 8.06. The van der Waals surface area contributed by atoms with E-state index in [1.54, 1.807) is 0 Å². The smallest absolute Gasteiger partial charge is 0.0153 e. The first-order chi connectivity index (χ1) is 4.66. The van der Waals surface area contributed by atoms with Gasteiger partial charge in [-0.1, -0.05) is 13.3 Å². The van der Waals surface area contributed by atoms with Gasteiger partial charge in [-0.2, -0.15) is 0 Å². The maximum absolute atomic E-state index is 3.64. The lowest BCUT2D eigenvalue weighted by Gasteiger charge is -2.38. The predicted molar refractivity (Wildman–Crippen MR) is 45.1 cm³/mol. The van der Waals surface area contributed by atoms with Gasteiger partial charge in [-0.25, -0.2) is 0 Å². The van der Waals surface area contributed by atoms with Gasteiger partial charge in [0.1, 0.15) is 0 Å². The van der Waals surface area contributed by atoms with Crippen molar-refractivity contribution in [1.29, 1.82) is 0 Å². The molecule has 1 heterocycles. The Labute approximate surface area is 64.2 Å². The van der Waals surface area contributed by atoms with Crippen LogP contribution in [0, 0.1) is 0 Å². The molecule has 0 radical (unpaired) electrons. The Bertz CT molecular complexity index is 111. The summed E-state index contributed by atoms with van der Waals surface area (Å²) in [5, 5.41) is 3.64. The molecular weight excluding hydrogens is 122 g/mol. The molecule has 1 heteroatoms. The molecule has 0 aliphatic carbocycles. The molecule has 0 aromatic rings. The molecule has 0 aromatic carbocycles. The SMILES string of the molecule is CCC1(C)CCCC(C)N1. The molecule has 2 unspecified atom stereocenters. The third kappa shape index (κ3) is 1.72. The first-order valence-electron chi connectivity index (χ1n) is 4.44. The fraction of sp³-hybridized carbons (Fsp3) is 1.00. The van der Waals surface area contributed by atoms with E-state index < -0.39 is 0 Å². The topological polar surface area (TPSA) is 12.0 Å². The minimum absolute atomic E-state index is 0.442. The summed E-state index contributed by atoms with van der Waals surface area (Å²) in [7, 11) is 0. The first-order valence-corrected chi connectivity index (χ1v) is 4.44. The Kier molecular flexibility index (Phi) is 2.35. The highest BCUT2D eigenvalue weighted by Gasteiger charge is 2.26. The average Bonchev–Trinajstić information content (AvgIpc) is 1.88. The number of hydrogen-bond acceptors (Lipinski definition) is 1. The normalized spacial score (nSPS) is 41.7. The fourth-order valence-electron chi connectivity index (χ4n) is 1.82. The number of rotatable bonds is 1. The Balaban J connectivity index is 2.45. The molecule has 60 valence electrons. The molecule has 1 saturated heterocycles. The van der Waals surface area contributed by atoms with Crippen LogP contribution in [0.5, 0.6) is 0 Å². The van der Waals surface area contributed by atoms with Crippen LogP contribution in [0.15, 0.2) is 0 Å². The molecule has 0 amide bonds. The Morgan fingerprint density at radius 2 is 2.30 bits per heavy atom. The van der Waals surface area contributed by atoms with Crippen LogP contribution in [0.1, 0.15) is 46.5 Å². The Hall–Kier alpha value is -0.0400. The van der Waals surface area contributed by atoms with Crippen molar-refractivity contribution >= 4 is 0 Å². The van der Waals surface area contributed by atoms with Crippen molar-refractivity contribution in [1.82, 2.24) is 5.32 Å². The van der Waals surface area contributed by atoms with Crippen LogP contribution in [0.4, 0.5) is 0 Å². The number of hydrogen-bond donors (Lipinski definition) is 1. The molecule has 0 spiro atoms. The lowest BCUT2D eigenvalue weighted by Crippen LogP contribution is -2.49. The van der Waals surface area contributed by atoms with Crippen LogP contribution in [0.3, 0.4) is 0 Å². The van der Waals surface area contributed by atoms with Crippen molar-refractivity contribution in [3.05, 3.63) is 0 Å². The molecule has 1 rings (SSSR count). The summed E-state index contributed by atoms with van der Waals surface area (Å²) in [6, 6.07) is 0.735. The summed E-state index contributed by atoms with van der Waals surface area (Å²) < 4.78 is 0. The monoisotopic (exact) mass is 141 g/mol. The van der Waals surface area contributed by atoms with E-state index in [2.05, 4.69) is 26.1 Å². The van der Waals surface area contributed by atoms with Crippen LogP contribution < -0.4 is 5.32 Å². The summed E-state index contributed by atoms with van der Waals surface area (Å²) >= 11 is 0. The lowest BCUT2D eigenvalue weighted by atomic mass is 9.86. The second-order valence-electron chi connectivity index (χ2n) is 3.85. The number of piperidine rings is 1. The van der Waals surface area contributed by atoms with Gasteiger partial charge in [-0.3, -0.25) is 0 Å². The molecule has 0 aromatic heterocycles. The Morgan fingerprint density at radius 3 is 2.70 bits per heavy atom. The van der Waals surface area contributed by atoms with Gasteiger partial charge < -0.3 is 5.32 Å². The van der Waals surface area contributed by atoms with Crippen molar-refractivity contribution in [2.45, 2.75) is 58.0 Å². The van der Waals surface area contributed by atoms with Crippen molar-refractivity contribution in [2.24, 2.45) is 0 Å². The van der Waals surface area contributed by atoms with E-state index in [-0.39, 0.29) is 0 Å². The minimum atomic E-state index is 0.442. The third-order valence-electron chi connectivity index (χ3n) is 2.74. The predicted octanol–water partition coefficient (Wildman–Crippen LogP) is 2.32. The third-order valence-corrected chi connectivity index (χ3v) is 2.74. The van der Waals surface area contributed by atoms with Crippen molar-refractivity contribution in [3.8, 4) is 0 Å². The highest BCUT2D eigenvalue weighted by atomic mass is 15.0. The van der Waals surface area contributed by atoms with Gasteiger partial charge in [-0.05, 0) is 33.1 Å². The fourth-order valence-corrected chi connectivity index (χ4v) is 1.82. The maximum Gasteiger partial charge on any atom is 0.0153 e. The van der Waals surface area contributed by atoms with Gasteiger partial charge >= 0.3 is 0 Å². The van der Waals surface area contributed by atoms with Crippen LogP contribution in [-0.2, 0) is 0 Å². The minimum Gasteiger partial charge on any atom is -0.309 e. The zero-order valence-corrected chi connectivity index (χ0v) is 7.41. The molecule has 0 saturated carbocycles. The van der Waals surface area contributed by atoms with E-state index in [9.17, 15) is 0 Å². The van der Waals surface area contributed by atoms with Gasteiger partial charge in [-0.15, -0.1) is 0 Å². The van der Waals surface area contributed by atoms with E-state index in [1.807, 2.05) is 0 Å². The van der Waals surface area contributed by atoms with E-state index >= 15 is 0 Å². The van der Waals surface area contributed by atoms with E-state index in [4.69, 9.17) is 0 Å². The standard InChI is InChI=1S/C9H19N/c1-4-9(3)7-5-6-8(2)10-9/h8,10H,4-7H2,1-3H3. The zero-order chi connectivity index (χ0) is 7.61. The summed E-state index contributed by atoms with van der Waals surface area (Å²) in [6.45, 7) is 6.89. The summed E-state index contributed by atoms with van der Waals surface area (Å²) in [6.07, 6.45) is 5.37. The van der Waals surface area contributed by atoms with Gasteiger partial charge in [0.15, 0.2) is 0 Å². The summed E-state index contributed by atoms with van der Waals surface area (Å²) in [4.78, 5) is 0. The quantitative estimate of drug-likeness (QED) is 0.591. The van der Waals surface area contributed by atoms with Gasteiger partial charge in [0, 0.05) is 11.6 Å². The molecule has 2 atom stereocenters. The average molecular weight is 141 g/mol. The molecule has 10 heavy (non-hydrogen) atoms. The Morgan fingerprint density at radius 1 is 1.60 bits per heavy atom. The van der Waals surface area contributed by atoms with Crippen LogP contribution >= 0.6 is 0 Å². The van der Waals surface area contributed by atoms with Gasteiger partial charge in [0.05, 0.1) is 0 Å². The molecule has 1 aliphatic heterocycles. The molecule has 0 bridgehead atoms. The van der Waals surface area contributed by atoms with Crippen molar-refractivity contribution in [3.63, 3.8) is 0 Å². The molecular formula is C9H19N.